The number of likely N-dealkylation sites (tertiary alicyclic amines) is 1. The molecular formula is C23H21ClN2O4. The first-order valence-corrected chi connectivity index (χ1v) is 10.3. The van der Waals surface area contributed by atoms with E-state index < -0.39 is 0 Å². The lowest BCUT2D eigenvalue weighted by Crippen LogP contribution is -2.39. The van der Waals surface area contributed by atoms with Crippen LogP contribution in [0.3, 0.4) is 0 Å². The van der Waals surface area contributed by atoms with Crippen molar-refractivity contribution < 1.29 is 19.1 Å². The minimum atomic E-state index is -0.0228. The standard InChI is InChI=1S/C23H21ClN2O4/c24-20-9-16(12-25)1-3-22(20)29-13-15-5-7-26(8-6-15)23(28)17-2-4-21-18(10-17)11-19(27)14-30-21/h1-4,9-10,15H,5-8,11,13-14H2. The van der Waals surface area contributed by atoms with Crippen LogP contribution in [0, 0.1) is 17.2 Å². The number of ether oxygens (including phenoxy) is 2. The van der Waals surface area contributed by atoms with Crippen molar-refractivity contribution in [1.82, 2.24) is 4.90 Å². The highest BCUT2D eigenvalue weighted by atomic mass is 35.5. The average Bonchev–Trinajstić information content (AvgIpc) is 2.77. The molecule has 0 radical (unpaired) electrons. The Balaban J connectivity index is 1.31. The zero-order chi connectivity index (χ0) is 21.1. The van der Waals surface area contributed by atoms with Gasteiger partial charge in [-0.1, -0.05) is 11.6 Å². The van der Waals surface area contributed by atoms with Crippen LogP contribution in [0.4, 0.5) is 0 Å². The Bertz CT molecular complexity index is 1020. The quantitative estimate of drug-likeness (QED) is 0.748. The number of fused-ring (bicyclic) bond motifs is 1. The zero-order valence-electron chi connectivity index (χ0n) is 16.4. The van der Waals surface area contributed by atoms with Gasteiger partial charge in [-0.2, -0.15) is 5.26 Å². The number of nitrogens with zero attached hydrogens (tertiary/aromatic N) is 2. The van der Waals surface area contributed by atoms with E-state index in [9.17, 15) is 9.59 Å². The molecule has 0 unspecified atom stereocenters. The van der Waals surface area contributed by atoms with Crippen molar-refractivity contribution in [2.75, 3.05) is 26.3 Å². The third-order valence-corrected chi connectivity index (χ3v) is 5.82. The van der Waals surface area contributed by atoms with E-state index in [1.165, 1.54) is 0 Å². The predicted molar refractivity (Wildman–Crippen MR) is 111 cm³/mol. The van der Waals surface area contributed by atoms with Crippen LogP contribution in [-0.2, 0) is 11.2 Å². The smallest absolute Gasteiger partial charge is 0.253 e. The van der Waals surface area contributed by atoms with E-state index in [1.54, 1.807) is 36.4 Å². The van der Waals surface area contributed by atoms with Crippen molar-refractivity contribution in [1.29, 1.82) is 5.26 Å². The van der Waals surface area contributed by atoms with E-state index in [0.29, 0.717) is 59.7 Å². The van der Waals surface area contributed by atoms with E-state index in [1.807, 2.05) is 11.0 Å². The van der Waals surface area contributed by atoms with Crippen molar-refractivity contribution in [3.8, 4) is 17.6 Å². The largest absolute Gasteiger partial charge is 0.492 e. The molecule has 0 bridgehead atoms. The van der Waals surface area contributed by atoms with Crippen molar-refractivity contribution in [2.45, 2.75) is 19.3 Å². The summed E-state index contributed by atoms with van der Waals surface area (Å²) >= 11 is 6.16. The van der Waals surface area contributed by atoms with E-state index >= 15 is 0 Å². The van der Waals surface area contributed by atoms with Gasteiger partial charge in [0.2, 0.25) is 0 Å². The monoisotopic (exact) mass is 424 g/mol. The Morgan fingerprint density at radius 2 is 2.03 bits per heavy atom. The summed E-state index contributed by atoms with van der Waals surface area (Å²) in [5.74, 6) is 1.58. The maximum absolute atomic E-state index is 12.9. The number of carbonyl (C=O) groups excluding carboxylic acids is 2. The van der Waals surface area contributed by atoms with Gasteiger partial charge in [-0.15, -0.1) is 0 Å². The van der Waals surface area contributed by atoms with Crippen molar-refractivity contribution in [3.05, 3.63) is 58.1 Å². The SMILES string of the molecule is N#Cc1ccc(OCC2CCN(C(=O)c3ccc4c(c3)CC(=O)CO4)CC2)c(Cl)c1. The number of piperidine rings is 1. The Morgan fingerprint density at radius 3 is 2.77 bits per heavy atom. The lowest BCUT2D eigenvalue weighted by atomic mass is 9.96. The minimum absolute atomic E-state index is 0.0228. The topological polar surface area (TPSA) is 79.6 Å². The third-order valence-electron chi connectivity index (χ3n) is 5.52. The van der Waals surface area contributed by atoms with Gasteiger partial charge in [0.15, 0.2) is 5.78 Å². The van der Waals surface area contributed by atoms with Gasteiger partial charge in [-0.3, -0.25) is 9.59 Å². The first kappa shape index (κ1) is 20.2. The zero-order valence-corrected chi connectivity index (χ0v) is 17.2. The summed E-state index contributed by atoms with van der Waals surface area (Å²) in [4.78, 5) is 26.3. The second-order valence-electron chi connectivity index (χ2n) is 7.63. The average molecular weight is 425 g/mol. The number of halogens is 1. The summed E-state index contributed by atoms with van der Waals surface area (Å²) in [6.45, 7) is 1.93. The van der Waals surface area contributed by atoms with Gasteiger partial charge in [-0.05, 0) is 55.2 Å². The normalized spacial score (nSPS) is 16.4. The van der Waals surface area contributed by atoms with Crippen LogP contribution < -0.4 is 9.47 Å². The number of benzene rings is 2. The molecule has 0 aromatic heterocycles. The lowest BCUT2D eigenvalue weighted by molar-refractivity contribution is -0.121. The Morgan fingerprint density at radius 1 is 1.23 bits per heavy atom. The Kier molecular flexibility index (Phi) is 5.91. The van der Waals surface area contributed by atoms with Crippen LogP contribution in [0.15, 0.2) is 36.4 Å². The number of carbonyl (C=O) groups is 2. The van der Waals surface area contributed by atoms with Crippen molar-refractivity contribution in [3.63, 3.8) is 0 Å². The first-order chi connectivity index (χ1) is 14.5. The van der Waals surface area contributed by atoms with E-state index in [0.717, 1.165) is 18.4 Å². The number of hydrogen-bond acceptors (Lipinski definition) is 5. The Labute approximate surface area is 179 Å². The van der Waals surface area contributed by atoms with Crippen molar-refractivity contribution >= 4 is 23.3 Å². The van der Waals surface area contributed by atoms with Crippen LogP contribution in [0.5, 0.6) is 11.5 Å². The van der Waals surface area contributed by atoms with Crippen molar-refractivity contribution in [2.24, 2.45) is 5.92 Å². The molecule has 0 atom stereocenters. The van der Waals surface area contributed by atoms with Gasteiger partial charge in [-0.25, -0.2) is 0 Å². The first-order valence-electron chi connectivity index (χ1n) is 9.92. The van der Waals surface area contributed by atoms with E-state index in [4.69, 9.17) is 26.3 Å². The van der Waals surface area contributed by atoms with Gasteiger partial charge in [0, 0.05) is 30.6 Å². The molecule has 1 amide bonds. The molecule has 2 aromatic carbocycles. The third kappa shape index (κ3) is 4.42. The van der Waals surface area contributed by atoms with E-state index in [2.05, 4.69) is 0 Å². The molecule has 2 aliphatic heterocycles. The highest BCUT2D eigenvalue weighted by molar-refractivity contribution is 6.32. The van der Waals surface area contributed by atoms with Gasteiger partial charge in [0.1, 0.15) is 18.1 Å². The second-order valence-corrected chi connectivity index (χ2v) is 8.04. The molecule has 30 heavy (non-hydrogen) atoms. The molecule has 154 valence electrons. The number of hydrogen-bond donors (Lipinski definition) is 0. The Hall–Kier alpha value is -3.04. The highest BCUT2D eigenvalue weighted by Crippen LogP contribution is 2.28. The maximum Gasteiger partial charge on any atom is 0.253 e. The molecule has 0 saturated carbocycles. The van der Waals surface area contributed by atoms with Gasteiger partial charge in [0.25, 0.3) is 5.91 Å². The molecule has 6 nitrogen and oxygen atoms in total. The summed E-state index contributed by atoms with van der Waals surface area (Å²) in [5, 5.41) is 9.33. The molecule has 2 aliphatic rings. The highest BCUT2D eigenvalue weighted by Gasteiger charge is 2.26. The molecule has 0 aliphatic carbocycles. The number of ketones is 1. The summed E-state index contributed by atoms with van der Waals surface area (Å²) in [6, 6.07) is 12.3. The fourth-order valence-corrected chi connectivity index (χ4v) is 4.03. The number of rotatable bonds is 4. The second kappa shape index (κ2) is 8.76. The van der Waals surface area contributed by atoms with Gasteiger partial charge < -0.3 is 14.4 Å². The van der Waals surface area contributed by atoms with Crippen LogP contribution in [0.25, 0.3) is 0 Å². The van der Waals surface area contributed by atoms with Crippen LogP contribution in [0.2, 0.25) is 5.02 Å². The molecule has 0 N–H and O–H groups in total. The van der Waals surface area contributed by atoms with Crippen LogP contribution in [-0.4, -0.2) is 42.9 Å². The summed E-state index contributed by atoms with van der Waals surface area (Å²) in [5.41, 5.74) is 1.86. The summed E-state index contributed by atoms with van der Waals surface area (Å²) in [7, 11) is 0. The predicted octanol–water partition coefficient (Wildman–Crippen LogP) is 3.65. The molecule has 2 aromatic rings. The number of amides is 1. The van der Waals surface area contributed by atoms with Crippen LogP contribution >= 0.6 is 11.6 Å². The molecular weight excluding hydrogens is 404 g/mol. The molecule has 7 heteroatoms. The summed E-state index contributed by atoms with van der Waals surface area (Å²) < 4.78 is 11.2. The van der Waals surface area contributed by atoms with E-state index in [-0.39, 0.29) is 18.3 Å². The van der Waals surface area contributed by atoms with Crippen LogP contribution in [0.1, 0.15) is 34.3 Å². The number of nitriles is 1. The molecule has 0 spiro atoms. The molecule has 1 saturated heterocycles. The maximum atomic E-state index is 12.9. The molecule has 1 fully saturated rings. The molecule has 4 rings (SSSR count). The lowest BCUT2D eigenvalue weighted by Gasteiger charge is -2.32. The minimum Gasteiger partial charge on any atom is -0.492 e. The fraction of sp³-hybridized carbons (Fsp3) is 0.348. The number of Topliss-reactive ketones (excluding diaryl/α,β-unsaturated/α-hetero) is 1. The summed E-state index contributed by atoms with van der Waals surface area (Å²) in [6.07, 6.45) is 1.99. The fourth-order valence-electron chi connectivity index (χ4n) is 3.79. The van der Waals surface area contributed by atoms with Gasteiger partial charge >= 0.3 is 0 Å². The molecule has 2 heterocycles. The van der Waals surface area contributed by atoms with Gasteiger partial charge in [0.05, 0.1) is 23.3 Å².